The van der Waals surface area contributed by atoms with Crippen molar-refractivity contribution in [3.05, 3.63) is 35.4 Å². The van der Waals surface area contributed by atoms with E-state index in [2.05, 4.69) is 41.5 Å². The van der Waals surface area contributed by atoms with E-state index in [1.807, 2.05) is 65.8 Å². The SMILES string of the molecule is CC(C)(C)OC(=O)C1CCC(C(C)(C)C)CC1.CC(C)(C)OC(=O)c1ccc(C(C)(C)C)cc1. The molecule has 1 aliphatic carbocycles. The largest absolute Gasteiger partial charge is 0.460 e. The molecule has 0 aromatic heterocycles. The van der Waals surface area contributed by atoms with Gasteiger partial charge in [0, 0.05) is 0 Å². The lowest BCUT2D eigenvalue weighted by molar-refractivity contribution is -0.161. The van der Waals surface area contributed by atoms with E-state index in [0.717, 1.165) is 31.6 Å². The van der Waals surface area contributed by atoms with Gasteiger partial charge in [-0.3, -0.25) is 4.79 Å². The van der Waals surface area contributed by atoms with Crippen molar-refractivity contribution in [2.75, 3.05) is 0 Å². The van der Waals surface area contributed by atoms with Crippen molar-refractivity contribution in [1.82, 2.24) is 0 Å². The monoisotopic (exact) mass is 474 g/mol. The normalized spacial score (nSPS) is 19.5. The molecule has 1 aromatic rings. The zero-order valence-electron chi connectivity index (χ0n) is 23.9. The van der Waals surface area contributed by atoms with E-state index in [1.54, 1.807) is 0 Å². The van der Waals surface area contributed by atoms with Crippen LogP contribution in [0.4, 0.5) is 0 Å². The molecular formula is C30H50O4. The molecule has 0 atom stereocenters. The summed E-state index contributed by atoms with van der Waals surface area (Å²) in [4.78, 5) is 23.7. The summed E-state index contributed by atoms with van der Waals surface area (Å²) >= 11 is 0. The predicted octanol–water partition coefficient (Wildman–Crippen LogP) is 8.12. The van der Waals surface area contributed by atoms with Gasteiger partial charge < -0.3 is 9.47 Å². The Labute approximate surface area is 209 Å². The van der Waals surface area contributed by atoms with Gasteiger partial charge in [0.15, 0.2) is 0 Å². The van der Waals surface area contributed by atoms with Crippen molar-refractivity contribution in [2.45, 2.75) is 125 Å². The van der Waals surface area contributed by atoms with Gasteiger partial charge in [0.05, 0.1) is 11.5 Å². The van der Waals surface area contributed by atoms with Gasteiger partial charge in [-0.05, 0) is 102 Å². The second kappa shape index (κ2) is 11.3. The van der Waals surface area contributed by atoms with Gasteiger partial charge in [0.1, 0.15) is 11.2 Å². The molecule has 194 valence electrons. The number of carbonyl (C=O) groups is 2. The zero-order valence-corrected chi connectivity index (χ0v) is 23.9. The van der Waals surface area contributed by atoms with Crippen LogP contribution < -0.4 is 0 Å². The Morgan fingerprint density at radius 3 is 1.47 bits per heavy atom. The van der Waals surface area contributed by atoms with Crippen molar-refractivity contribution in [2.24, 2.45) is 17.3 Å². The first-order valence-electron chi connectivity index (χ1n) is 12.8. The van der Waals surface area contributed by atoms with Gasteiger partial charge in [-0.2, -0.15) is 0 Å². The molecular weight excluding hydrogens is 424 g/mol. The average molecular weight is 475 g/mol. The van der Waals surface area contributed by atoms with Gasteiger partial charge in [-0.15, -0.1) is 0 Å². The van der Waals surface area contributed by atoms with Crippen molar-refractivity contribution in [1.29, 1.82) is 0 Å². The number of benzene rings is 1. The molecule has 0 bridgehead atoms. The molecule has 0 amide bonds. The van der Waals surface area contributed by atoms with Gasteiger partial charge >= 0.3 is 11.9 Å². The van der Waals surface area contributed by atoms with E-state index >= 15 is 0 Å². The molecule has 0 radical (unpaired) electrons. The molecule has 0 saturated heterocycles. The Morgan fingerprint density at radius 2 is 1.12 bits per heavy atom. The molecule has 2 rings (SSSR count). The minimum absolute atomic E-state index is 0.00450. The fourth-order valence-electron chi connectivity index (χ4n) is 4.02. The summed E-state index contributed by atoms with van der Waals surface area (Å²) in [6, 6.07) is 7.63. The first kappa shape index (κ1) is 30.2. The molecule has 0 unspecified atom stereocenters. The maximum atomic E-state index is 11.9. The second-order valence-corrected chi connectivity index (χ2v) is 13.8. The van der Waals surface area contributed by atoms with Crippen LogP contribution in [0.1, 0.15) is 125 Å². The van der Waals surface area contributed by atoms with Crippen molar-refractivity contribution in [3.63, 3.8) is 0 Å². The molecule has 4 nitrogen and oxygen atoms in total. The molecule has 1 aromatic carbocycles. The Hall–Kier alpha value is -1.84. The predicted molar refractivity (Wildman–Crippen MR) is 141 cm³/mol. The highest BCUT2D eigenvalue weighted by Gasteiger charge is 2.34. The van der Waals surface area contributed by atoms with E-state index in [-0.39, 0.29) is 28.9 Å². The highest BCUT2D eigenvalue weighted by Crippen LogP contribution is 2.40. The van der Waals surface area contributed by atoms with Gasteiger partial charge in [0.2, 0.25) is 0 Å². The minimum atomic E-state index is -0.445. The molecule has 1 fully saturated rings. The number of rotatable bonds is 2. The molecule has 1 aliphatic rings. The van der Waals surface area contributed by atoms with E-state index in [1.165, 1.54) is 5.56 Å². The molecule has 0 spiro atoms. The van der Waals surface area contributed by atoms with Crippen LogP contribution in [0.25, 0.3) is 0 Å². The van der Waals surface area contributed by atoms with E-state index in [0.29, 0.717) is 11.0 Å². The minimum Gasteiger partial charge on any atom is -0.460 e. The molecule has 4 heteroatoms. The standard InChI is InChI=1S/C15H28O2.C15H22O2/c2*1-14(2,3)12-9-7-11(8-10-12)13(16)17-15(4,5)6/h11-12H,7-10H2,1-6H3;7-10H,1-6H3. The quantitative estimate of drug-likeness (QED) is 0.406. The lowest BCUT2D eigenvalue weighted by atomic mass is 9.70. The number of carbonyl (C=O) groups excluding carboxylic acids is 2. The van der Waals surface area contributed by atoms with Crippen LogP contribution in [-0.2, 0) is 19.7 Å². The summed E-state index contributed by atoms with van der Waals surface area (Å²) in [5, 5.41) is 0. The summed E-state index contributed by atoms with van der Waals surface area (Å²) in [6.07, 6.45) is 4.31. The average Bonchev–Trinajstić information content (AvgIpc) is 2.65. The van der Waals surface area contributed by atoms with E-state index < -0.39 is 5.60 Å². The van der Waals surface area contributed by atoms with Gasteiger partial charge in [-0.25, -0.2) is 4.79 Å². The second-order valence-electron chi connectivity index (χ2n) is 13.8. The van der Waals surface area contributed by atoms with Crippen molar-refractivity contribution >= 4 is 11.9 Å². The Bertz CT molecular complexity index is 785. The lowest BCUT2D eigenvalue weighted by Gasteiger charge is -2.36. The van der Waals surface area contributed by atoms with Gasteiger partial charge in [0.25, 0.3) is 0 Å². The van der Waals surface area contributed by atoms with Crippen LogP contribution in [0, 0.1) is 17.3 Å². The van der Waals surface area contributed by atoms with Crippen LogP contribution in [0.2, 0.25) is 0 Å². The summed E-state index contributed by atoms with van der Waals surface area (Å²) in [5.41, 5.74) is 1.50. The fourth-order valence-corrected chi connectivity index (χ4v) is 4.02. The number of hydrogen-bond acceptors (Lipinski definition) is 4. The molecule has 0 aliphatic heterocycles. The maximum Gasteiger partial charge on any atom is 0.338 e. The number of hydrogen-bond donors (Lipinski definition) is 0. The first-order valence-corrected chi connectivity index (χ1v) is 12.8. The zero-order chi connectivity index (χ0) is 26.5. The summed E-state index contributed by atoms with van der Waals surface area (Å²) < 4.78 is 10.8. The third-order valence-electron chi connectivity index (χ3n) is 6.08. The van der Waals surface area contributed by atoms with Crippen LogP contribution in [-0.4, -0.2) is 23.1 Å². The number of ether oxygens (including phenoxy) is 2. The van der Waals surface area contributed by atoms with E-state index in [9.17, 15) is 9.59 Å². The Balaban J connectivity index is 0.000000340. The first-order chi connectivity index (χ1) is 15.2. The summed E-state index contributed by atoms with van der Waals surface area (Å²) in [7, 11) is 0. The van der Waals surface area contributed by atoms with Crippen LogP contribution >= 0.6 is 0 Å². The molecule has 0 N–H and O–H groups in total. The summed E-state index contributed by atoms with van der Waals surface area (Å²) in [6.45, 7) is 24.8. The highest BCUT2D eigenvalue weighted by molar-refractivity contribution is 5.89. The van der Waals surface area contributed by atoms with Crippen LogP contribution in [0.3, 0.4) is 0 Å². The maximum absolute atomic E-state index is 11.9. The number of esters is 2. The third kappa shape index (κ3) is 11.1. The fraction of sp³-hybridized carbons (Fsp3) is 0.733. The van der Waals surface area contributed by atoms with Crippen molar-refractivity contribution < 1.29 is 19.1 Å². The smallest absolute Gasteiger partial charge is 0.338 e. The topological polar surface area (TPSA) is 52.6 Å². The van der Waals surface area contributed by atoms with Crippen LogP contribution in [0.5, 0.6) is 0 Å². The Kier molecular flexibility index (Phi) is 10.0. The third-order valence-corrected chi connectivity index (χ3v) is 6.08. The summed E-state index contributed by atoms with van der Waals surface area (Å²) in [5.74, 6) is 0.622. The molecule has 1 saturated carbocycles. The lowest BCUT2D eigenvalue weighted by Crippen LogP contribution is -2.33. The Morgan fingerprint density at radius 1 is 0.676 bits per heavy atom. The highest BCUT2D eigenvalue weighted by atomic mass is 16.6. The molecule has 0 heterocycles. The van der Waals surface area contributed by atoms with Crippen molar-refractivity contribution in [3.8, 4) is 0 Å². The van der Waals surface area contributed by atoms with Crippen LogP contribution in [0.15, 0.2) is 24.3 Å². The van der Waals surface area contributed by atoms with E-state index in [4.69, 9.17) is 9.47 Å². The van der Waals surface area contributed by atoms with Gasteiger partial charge in [-0.1, -0.05) is 53.7 Å². The molecule has 34 heavy (non-hydrogen) atoms.